The highest BCUT2D eigenvalue weighted by Crippen LogP contribution is 2.35. The molecule has 2 aliphatic rings. The SMILES string of the molecule is Cc1cc(C)c2[nH]c(=O)c([C@@H](c3nnnn3C3CCCC3)N3CCC[C@@H](C)C3)cc2c1. The monoisotopic (exact) mass is 420 g/mol. The van der Waals surface area contributed by atoms with Crippen LogP contribution in [0, 0.1) is 19.8 Å². The molecule has 2 fully saturated rings. The second-order valence-corrected chi connectivity index (χ2v) is 9.66. The first-order valence-electron chi connectivity index (χ1n) is 11.7. The van der Waals surface area contributed by atoms with E-state index in [-0.39, 0.29) is 11.6 Å². The van der Waals surface area contributed by atoms with E-state index in [4.69, 9.17) is 0 Å². The van der Waals surface area contributed by atoms with Crippen molar-refractivity contribution in [3.8, 4) is 0 Å². The lowest BCUT2D eigenvalue weighted by Crippen LogP contribution is -2.41. The van der Waals surface area contributed by atoms with Crippen molar-refractivity contribution < 1.29 is 0 Å². The molecule has 2 atom stereocenters. The smallest absolute Gasteiger partial charge is 0.253 e. The third-order valence-electron chi connectivity index (χ3n) is 7.10. The molecule has 0 amide bonds. The van der Waals surface area contributed by atoms with Crippen molar-refractivity contribution in [3.05, 3.63) is 51.1 Å². The van der Waals surface area contributed by atoms with Crippen LogP contribution in [0.25, 0.3) is 10.9 Å². The number of tetrazole rings is 1. The number of aromatic amines is 1. The fourth-order valence-corrected chi connectivity index (χ4v) is 5.66. The number of aryl methyl sites for hydroxylation is 2. The zero-order valence-electron chi connectivity index (χ0n) is 18.8. The molecule has 5 rings (SSSR count). The van der Waals surface area contributed by atoms with E-state index in [1.807, 2.05) is 4.68 Å². The Morgan fingerprint density at radius 2 is 1.90 bits per heavy atom. The van der Waals surface area contributed by atoms with Gasteiger partial charge in [0, 0.05) is 12.1 Å². The van der Waals surface area contributed by atoms with Crippen molar-refractivity contribution >= 4 is 10.9 Å². The van der Waals surface area contributed by atoms with Crippen molar-refractivity contribution in [1.29, 1.82) is 0 Å². The zero-order valence-corrected chi connectivity index (χ0v) is 18.8. The molecular formula is C24H32N6O. The van der Waals surface area contributed by atoms with Gasteiger partial charge in [0.1, 0.15) is 6.04 Å². The maximum atomic E-state index is 13.4. The van der Waals surface area contributed by atoms with Gasteiger partial charge >= 0.3 is 0 Å². The van der Waals surface area contributed by atoms with Crippen molar-refractivity contribution in [2.24, 2.45) is 5.92 Å². The number of piperidine rings is 1. The number of rotatable bonds is 4. The van der Waals surface area contributed by atoms with Gasteiger partial charge in [-0.2, -0.15) is 0 Å². The molecule has 3 heterocycles. The number of aromatic nitrogens is 5. The lowest BCUT2D eigenvalue weighted by molar-refractivity contribution is 0.139. The molecule has 3 aromatic rings. The Morgan fingerprint density at radius 1 is 1.10 bits per heavy atom. The Hall–Kier alpha value is -2.54. The third kappa shape index (κ3) is 3.80. The summed E-state index contributed by atoms with van der Waals surface area (Å²) >= 11 is 0. The maximum Gasteiger partial charge on any atom is 0.253 e. The molecule has 0 radical (unpaired) electrons. The number of H-pyrrole nitrogens is 1. The maximum absolute atomic E-state index is 13.4. The number of likely N-dealkylation sites (tertiary alicyclic amines) is 1. The van der Waals surface area contributed by atoms with Crippen LogP contribution in [-0.2, 0) is 0 Å². The summed E-state index contributed by atoms with van der Waals surface area (Å²) in [6, 6.07) is 6.44. The number of benzene rings is 1. The number of nitrogens with zero attached hydrogens (tertiary/aromatic N) is 5. The van der Waals surface area contributed by atoms with E-state index in [1.54, 1.807) is 0 Å². The molecule has 164 valence electrons. The first-order chi connectivity index (χ1) is 15.0. The molecule has 0 unspecified atom stereocenters. The lowest BCUT2D eigenvalue weighted by Gasteiger charge is -2.36. The van der Waals surface area contributed by atoms with E-state index >= 15 is 0 Å². The highest BCUT2D eigenvalue weighted by atomic mass is 16.1. The van der Waals surface area contributed by atoms with Crippen LogP contribution in [0.1, 0.15) is 80.0 Å². The van der Waals surface area contributed by atoms with Crippen molar-refractivity contribution in [3.63, 3.8) is 0 Å². The van der Waals surface area contributed by atoms with Gasteiger partial charge < -0.3 is 4.98 Å². The van der Waals surface area contributed by atoms with Gasteiger partial charge in [-0.25, -0.2) is 4.68 Å². The minimum atomic E-state index is -0.229. The fourth-order valence-electron chi connectivity index (χ4n) is 5.66. The van der Waals surface area contributed by atoms with Crippen LogP contribution in [0.3, 0.4) is 0 Å². The first-order valence-corrected chi connectivity index (χ1v) is 11.7. The topological polar surface area (TPSA) is 79.7 Å². The molecule has 0 spiro atoms. The second-order valence-electron chi connectivity index (χ2n) is 9.66. The summed E-state index contributed by atoms with van der Waals surface area (Å²) in [6.07, 6.45) is 6.99. The molecule has 1 saturated carbocycles. The number of nitrogens with one attached hydrogen (secondary N) is 1. The van der Waals surface area contributed by atoms with Crippen molar-refractivity contribution in [1.82, 2.24) is 30.1 Å². The summed E-state index contributed by atoms with van der Waals surface area (Å²) in [6.45, 7) is 8.35. The van der Waals surface area contributed by atoms with Gasteiger partial charge in [0.15, 0.2) is 5.82 Å². The minimum absolute atomic E-state index is 0.0383. The van der Waals surface area contributed by atoms with Crippen LogP contribution in [0.4, 0.5) is 0 Å². The lowest BCUT2D eigenvalue weighted by atomic mass is 9.95. The molecule has 1 aliphatic carbocycles. The molecule has 7 heteroatoms. The average Bonchev–Trinajstić information content (AvgIpc) is 3.41. The second kappa shape index (κ2) is 8.19. The Balaban J connectivity index is 1.67. The highest BCUT2D eigenvalue weighted by molar-refractivity contribution is 5.83. The highest BCUT2D eigenvalue weighted by Gasteiger charge is 2.34. The van der Waals surface area contributed by atoms with Gasteiger partial charge in [0.2, 0.25) is 0 Å². The Bertz CT molecular complexity index is 1140. The molecule has 1 aliphatic heterocycles. The molecule has 1 aromatic carbocycles. The number of pyridine rings is 1. The number of fused-ring (bicyclic) bond motifs is 1. The van der Waals surface area contributed by atoms with Crippen LogP contribution < -0.4 is 5.56 Å². The van der Waals surface area contributed by atoms with E-state index in [0.717, 1.165) is 60.2 Å². The normalized spacial score (nSPS) is 21.7. The van der Waals surface area contributed by atoms with E-state index in [2.05, 4.69) is 64.4 Å². The van der Waals surface area contributed by atoms with E-state index in [0.29, 0.717) is 12.0 Å². The van der Waals surface area contributed by atoms with Crippen molar-refractivity contribution in [2.45, 2.75) is 71.4 Å². The molecule has 7 nitrogen and oxygen atoms in total. The minimum Gasteiger partial charge on any atom is -0.321 e. The zero-order chi connectivity index (χ0) is 21.5. The van der Waals surface area contributed by atoms with Gasteiger partial charge in [0.25, 0.3) is 5.56 Å². The Morgan fingerprint density at radius 3 is 2.68 bits per heavy atom. The van der Waals surface area contributed by atoms with Crippen LogP contribution in [0.2, 0.25) is 0 Å². The van der Waals surface area contributed by atoms with Gasteiger partial charge in [0.05, 0.1) is 11.6 Å². The summed E-state index contributed by atoms with van der Waals surface area (Å²) in [5.41, 5.74) is 3.92. The van der Waals surface area contributed by atoms with E-state index in [1.165, 1.54) is 24.8 Å². The molecular weight excluding hydrogens is 388 g/mol. The molecule has 31 heavy (non-hydrogen) atoms. The summed E-state index contributed by atoms with van der Waals surface area (Å²) < 4.78 is 2.02. The molecule has 2 aromatic heterocycles. The average molecular weight is 421 g/mol. The molecule has 1 N–H and O–H groups in total. The summed E-state index contributed by atoms with van der Waals surface area (Å²) in [5.74, 6) is 1.41. The van der Waals surface area contributed by atoms with Crippen LogP contribution in [0.15, 0.2) is 23.0 Å². The quantitative estimate of drug-likeness (QED) is 0.688. The predicted octanol–water partition coefficient (Wildman–Crippen LogP) is 4.07. The summed E-state index contributed by atoms with van der Waals surface area (Å²) in [4.78, 5) is 19.0. The molecule has 0 bridgehead atoms. The molecule has 1 saturated heterocycles. The summed E-state index contributed by atoms with van der Waals surface area (Å²) in [7, 11) is 0. The van der Waals surface area contributed by atoms with Crippen LogP contribution >= 0.6 is 0 Å². The van der Waals surface area contributed by atoms with Gasteiger partial charge in [-0.15, -0.1) is 5.10 Å². The van der Waals surface area contributed by atoms with Crippen LogP contribution in [0.5, 0.6) is 0 Å². The standard InChI is InChI=1S/C24H32N6O/c1-15-7-6-10-29(14-15)22(23-26-27-28-30(23)19-8-4-5-9-19)20-13-18-12-16(2)11-17(3)21(18)25-24(20)31/h11-13,15,19,22H,4-10,14H2,1-3H3,(H,25,31)/t15-,22+/m1/s1. The van der Waals surface area contributed by atoms with Gasteiger partial charge in [-0.05, 0) is 85.5 Å². The predicted molar refractivity (Wildman–Crippen MR) is 121 cm³/mol. The van der Waals surface area contributed by atoms with E-state index in [9.17, 15) is 4.79 Å². The third-order valence-corrected chi connectivity index (χ3v) is 7.10. The Labute approximate surface area is 182 Å². The van der Waals surface area contributed by atoms with E-state index < -0.39 is 0 Å². The fraction of sp³-hybridized carbons (Fsp3) is 0.583. The first kappa shape index (κ1) is 20.4. The van der Waals surface area contributed by atoms with Gasteiger partial charge in [-0.1, -0.05) is 31.4 Å². The number of hydrogen-bond donors (Lipinski definition) is 1. The van der Waals surface area contributed by atoms with Gasteiger partial charge in [-0.3, -0.25) is 9.69 Å². The Kier molecular flexibility index (Phi) is 5.38. The van der Waals surface area contributed by atoms with Crippen molar-refractivity contribution in [2.75, 3.05) is 13.1 Å². The number of hydrogen-bond acceptors (Lipinski definition) is 5. The largest absolute Gasteiger partial charge is 0.321 e. The van der Waals surface area contributed by atoms with Crippen LogP contribution in [-0.4, -0.2) is 43.2 Å². The summed E-state index contributed by atoms with van der Waals surface area (Å²) in [5, 5.41) is 14.0.